The first-order chi connectivity index (χ1) is 9.61. The van der Waals surface area contributed by atoms with Crippen LogP contribution in [0.4, 0.5) is 4.79 Å². The van der Waals surface area contributed by atoms with Crippen LogP contribution in [0.5, 0.6) is 0 Å². The monoisotopic (exact) mass is 302 g/mol. The Kier molecular flexibility index (Phi) is 9.01. The van der Waals surface area contributed by atoms with Gasteiger partial charge >= 0.3 is 12.1 Å². The second-order valence-electron chi connectivity index (χ2n) is 6.59. The van der Waals surface area contributed by atoms with Crippen molar-refractivity contribution in [2.24, 2.45) is 11.8 Å². The Morgan fingerprint density at radius 3 is 2.29 bits per heavy atom. The number of ether oxygens (including phenoxy) is 1. The summed E-state index contributed by atoms with van der Waals surface area (Å²) in [5.74, 6) is -0.0851. The lowest BCUT2D eigenvalue weighted by molar-refractivity contribution is -0.137. The van der Waals surface area contributed by atoms with Gasteiger partial charge in [-0.15, -0.1) is 0 Å². The van der Waals surface area contributed by atoms with Gasteiger partial charge in [0.2, 0.25) is 0 Å². The summed E-state index contributed by atoms with van der Waals surface area (Å²) in [4.78, 5) is 22.0. The summed E-state index contributed by atoms with van der Waals surface area (Å²) in [7, 11) is 0. The molecule has 0 heterocycles. The van der Waals surface area contributed by atoms with E-state index in [1.165, 1.54) is 0 Å². The number of amides is 1. The van der Waals surface area contributed by atoms with Gasteiger partial charge in [0.1, 0.15) is 5.60 Å². The van der Waals surface area contributed by atoms with E-state index in [0.717, 1.165) is 6.54 Å². The number of carboxylic acid groups (broad SMARTS) is 1. The quantitative estimate of drug-likeness (QED) is 0.569. The molecule has 6 nitrogen and oxygen atoms in total. The predicted molar refractivity (Wildman–Crippen MR) is 82.3 cm³/mol. The van der Waals surface area contributed by atoms with Crippen molar-refractivity contribution in [3.05, 3.63) is 0 Å². The normalized spacial score (nSPS) is 13.0. The van der Waals surface area contributed by atoms with E-state index in [2.05, 4.69) is 24.5 Å². The Morgan fingerprint density at radius 1 is 1.19 bits per heavy atom. The van der Waals surface area contributed by atoms with E-state index in [9.17, 15) is 9.59 Å². The van der Waals surface area contributed by atoms with Crippen LogP contribution in [0.2, 0.25) is 0 Å². The Labute approximate surface area is 127 Å². The molecule has 3 N–H and O–H groups in total. The predicted octanol–water partition coefficient (Wildman–Crippen LogP) is 2.24. The molecule has 0 aliphatic rings. The van der Waals surface area contributed by atoms with E-state index >= 15 is 0 Å². The van der Waals surface area contributed by atoms with Crippen LogP contribution in [-0.4, -0.2) is 42.4 Å². The maximum atomic E-state index is 11.6. The number of aliphatic carboxylic acids is 1. The van der Waals surface area contributed by atoms with Gasteiger partial charge < -0.3 is 20.5 Å². The minimum Gasteiger partial charge on any atom is -0.481 e. The number of rotatable bonds is 9. The van der Waals surface area contributed by atoms with E-state index in [1.54, 1.807) is 0 Å². The van der Waals surface area contributed by atoms with Crippen LogP contribution in [-0.2, 0) is 9.53 Å². The lowest BCUT2D eigenvalue weighted by Gasteiger charge is -2.24. The molecule has 0 aromatic rings. The molecule has 1 atom stereocenters. The van der Waals surface area contributed by atoms with E-state index in [1.807, 2.05) is 20.8 Å². The molecule has 21 heavy (non-hydrogen) atoms. The Morgan fingerprint density at radius 2 is 1.81 bits per heavy atom. The van der Waals surface area contributed by atoms with Crippen LogP contribution in [0.3, 0.4) is 0 Å². The summed E-state index contributed by atoms with van der Waals surface area (Å²) in [6.07, 6.45) is 0.383. The molecule has 0 saturated carbocycles. The van der Waals surface area contributed by atoms with Crippen molar-refractivity contribution in [2.75, 3.05) is 19.6 Å². The van der Waals surface area contributed by atoms with Crippen LogP contribution in [0, 0.1) is 11.8 Å². The number of nitrogens with one attached hydrogen (secondary N) is 2. The van der Waals surface area contributed by atoms with Crippen molar-refractivity contribution in [3.63, 3.8) is 0 Å². The number of carbonyl (C=O) groups is 2. The number of hydrogen-bond donors (Lipinski definition) is 3. The van der Waals surface area contributed by atoms with Gasteiger partial charge in [0.15, 0.2) is 0 Å². The minimum atomic E-state index is -0.774. The largest absolute Gasteiger partial charge is 0.481 e. The lowest BCUT2D eigenvalue weighted by atomic mass is 9.96. The summed E-state index contributed by atoms with van der Waals surface area (Å²) in [5, 5.41) is 14.6. The molecule has 0 rings (SSSR count). The van der Waals surface area contributed by atoms with Crippen molar-refractivity contribution < 1.29 is 19.4 Å². The van der Waals surface area contributed by atoms with Crippen molar-refractivity contribution in [2.45, 2.75) is 53.1 Å². The first-order valence-corrected chi connectivity index (χ1v) is 7.51. The molecule has 124 valence electrons. The zero-order chi connectivity index (χ0) is 16.5. The maximum absolute atomic E-state index is 11.6. The minimum absolute atomic E-state index is 0.176. The van der Waals surface area contributed by atoms with Crippen molar-refractivity contribution in [1.29, 1.82) is 0 Å². The topological polar surface area (TPSA) is 87.7 Å². The van der Waals surface area contributed by atoms with Gasteiger partial charge in [-0.25, -0.2) is 4.79 Å². The molecule has 1 unspecified atom stereocenters. The highest BCUT2D eigenvalue weighted by molar-refractivity contribution is 5.67. The summed E-state index contributed by atoms with van der Waals surface area (Å²) >= 11 is 0. The molecule has 6 heteroatoms. The van der Waals surface area contributed by atoms with Crippen LogP contribution >= 0.6 is 0 Å². The molecular weight excluding hydrogens is 272 g/mol. The van der Waals surface area contributed by atoms with E-state index < -0.39 is 17.7 Å². The SMILES string of the molecule is CC(C)C(CNCCCC(=O)O)CNC(=O)OC(C)(C)C. The second kappa shape index (κ2) is 9.60. The van der Waals surface area contributed by atoms with E-state index in [-0.39, 0.29) is 12.3 Å². The molecular formula is C15H30N2O4. The highest BCUT2D eigenvalue weighted by Crippen LogP contribution is 2.10. The van der Waals surface area contributed by atoms with Gasteiger partial charge in [0.05, 0.1) is 0 Å². The Bertz CT molecular complexity index is 324. The van der Waals surface area contributed by atoms with Crippen LogP contribution in [0.1, 0.15) is 47.5 Å². The number of alkyl carbamates (subject to hydrolysis) is 1. The van der Waals surface area contributed by atoms with Crippen molar-refractivity contribution in [3.8, 4) is 0 Å². The van der Waals surface area contributed by atoms with Gasteiger partial charge in [-0.1, -0.05) is 13.8 Å². The molecule has 0 aromatic carbocycles. The van der Waals surface area contributed by atoms with E-state index in [4.69, 9.17) is 9.84 Å². The van der Waals surface area contributed by atoms with Crippen LogP contribution in [0.15, 0.2) is 0 Å². The highest BCUT2D eigenvalue weighted by atomic mass is 16.6. The Hall–Kier alpha value is -1.30. The third-order valence-corrected chi connectivity index (χ3v) is 3.00. The van der Waals surface area contributed by atoms with Crippen LogP contribution < -0.4 is 10.6 Å². The van der Waals surface area contributed by atoms with Crippen molar-refractivity contribution in [1.82, 2.24) is 10.6 Å². The van der Waals surface area contributed by atoms with Crippen LogP contribution in [0.25, 0.3) is 0 Å². The van der Waals surface area contributed by atoms with Gasteiger partial charge in [0.25, 0.3) is 0 Å². The molecule has 0 radical (unpaired) electrons. The third-order valence-electron chi connectivity index (χ3n) is 3.00. The second-order valence-corrected chi connectivity index (χ2v) is 6.59. The first-order valence-electron chi connectivity index (χ1n) is 7.51. The van der Waals surface area contributed by atoms with Gasteiger partial charge in [0, 0.05) is 13.0 Å². The standard InChI is InChI=1S/C15H30N2O4/c1-11(2)12(9-16-8-6-7-13(18)19)10-17-14(20)21-15(3,4)5/h11-12,16H,6-10H2,1-5H3,(H,17,20)(H,18,19). The van der Waals surface area contributed by atoms with E-state index in [0.29, 0.717) is 25.4 Å². The van der Waals surface area contributed by atoms with Crippen molar-refractivity contribution >= 4 is 12.1 Å². The number of carboxylic acids is 1. The molecule has 0 bridgehead atoms. The summed E-state index contributed by atoms with van der Waals surface area (Å²) in [6.45, 7) is 11.6. The van der Waals surface area contributed by atoms with Gasteiger partial charge in [-0.05, 0) is 52.1 Å². The lowest BCUT2D eigenvalue weighted by Crippen LogP contribution is -2.39. The molecule has 0 spiro atoms. The maximum Gasteiger partial charge on any atom is 0.407 e. The molecule has 1 amide bonds. The average Bonchev–Trinajstić information content (AvgIpc) is 2.29. The average molecular weight is 302 g/mol. The summed E-state index contributed by atoms with van der Waals surface area (Å²) < 4.78 is 5.20. The summed E-state index contributed by atoms with van der Waals surface area (Å²) in [6, 6.07) is 0. The first kappa shape index (κ1) is 19.7. The smallest absolute Gasteiger partial charge is 0.407 e. The summed E-state index contributed by atoms with van der Waals surface area (Å²) in [5.41, 5.74) is -0.494. The number of hydrogen-bond acceptors (Lipinski definition) is 4. The molecule has 0 aromatic heterocycles. The fraction of sp³-hybridized carbons (Fsp3) is 0.867. The fourth-order valence-electron chi connectivity index (χ4n) is 1.72. The van der Waals surface area contributed by atoms with Gasteiger partial charge in [-0.3, -0.25) is 4.79 Å². The zero-order valence-electron chi connectivity index (χ0n) is 13.9. The molecule has 0 aliphatic carbocycles. The Balaban J connectivity index is 3.97. The fourth-order valence-corrected chi connectivity index (χ4v) is 1.72. The molecule has 0 fully saturated rings. The molecule has 0 saturated heterocycles. The molecule has 0 aliphatic heterocycles. The zero-order valence-corrected chi connectivity index (χ0v) is 13.9. The number of carbonyl (C=O) groups excluding carboxylic acids is 1. The van der Waals surface area contributed by atoms with Gasteiger partial charge in [-0.2, -0.15) is 0 Å². The third kappa shape index (κ3) is 12.2. The highest BCUT2D eigenvalue weighted by Gasteiger charge is 2.18.